The van der Waals surface area contributed by atoms with Gasteiger partial charge in [-0.3, -0.25) is 4.79 Å². The molecule has 0 saturated carbocycles. The molecule has 0 aliphatic rings. The van der Waals surface area contributed by atoms with Crippen molar-refractivity contribution < 1.29 is 9.53 Å². The number of aromatic nitrogens is 2. The quantitative estimate of drug-likeness (QED) is 0.711. The van der Waals surface area contributed by atoms with Crippen molar-refractivity contribution in [1.82, 2.24) is 9.97 Å². The maximum Gasteiger partial charge on any atom is 0.163 e. The van der Waals surface area contributed by atoms with Crippen LogP contribution in [-0.4, -0.2) is 22.9 Å². The van der Waals surface area contributed by atoms with E-state index < -0.39 is 0 Å². The number of aryl methyl sites for hydroxylation is 1. The van der Waals surface area contributed by atoms with Crippen LogP contribution in [0.15, 0.2) is 6.20 Å². The maximum atomic E-state index is 11.2. The normalized spacial score (nSPS) is 12.5. The second-order valence-corrected chi connectivity index (χ2v) is 3.42. The fraction of sp³-hybridized carbons (Fsp3) is 0.545. The van der Waals surface area contributed by atoms with Gasteiger partial charge in [0.2, 0.25) is 0 Å². The molecular weight excluding hydrogens is 192 g/mol. The summed E-state index contributed by atoms with van der Waals surface area (Å²) in [6.07, 6.45) is 2.29. The van der Waals surface area contributed by atoms with Crippen molar-refractivity contribution in [3.63, 3.8) is 0 Å². The number of Topliss-reactive ketones (excluding diaryl/α,β-unsaturated/α-hetero) is 1. The predicted molar refractivity (Wildman–Crippen MR) is 56.8 cm³/mol. The molecular formula is C11H16N2O2. The highest BCUT2D eigenvalue weighted by atomic mass is 16.5. The molecule has 4 heteroatoms. The predicted octanol–water partition coefficient (Wildman–Crippen LogP) is 2.09. The largest absolute Gasteiger partial charge is 0.373 e. The smallest absolute Gasteiger partial charge is 0.163 e. The first-order valence-corrected chi connectivity index (χ1v) is 4.97. The first kappa shape index (κ1) is 11.8. The van der Waals surface area contributed by atoms with Crippen LogP contribution < -0.4 is 0 Å². The van der Waals surface area contributed by atoms with Gasteiger partial charge in [0.05, 0.1) is 11.3 Å². The second-order valence-electron chi connectivity index (χ2n) is 3.42. The summed E-state index contributed by atoms with van der Waals surface area (Å²) in [5.74, 6) is 0.631. The fourth-order valence-electron chi connectivity index (χ4n) is 1.44. The van der Waals surface area contributed by atoms with Gasteiger partial charge in [0.15, 0.2) is 11.6 Å². The third-order valence-electron chi connectivity index (χ3n) is 2.32. The monoisotopic (exact) mass is 208 g/mol. The lowest BCUT2D eigenvalue weighted by atomic mass is 10.1. The highest BCUT2D eigenvalue weighted by molar-refractivity contribution is 5.94. The fourth-order valence-corrected chi connectivity index (χ4v) is 1.44. The van der Waals surface area contributed by atoms with Crippen molar-refractivity contribution in [2.45, 2.75) is 33.3 Å². The molecule has 0 N–H and O–H groups in total. The highest BCUT2D eigenvalue weighted by Gasteiger charge is 2.13. The molecule has 1 rings (SSSR count). The van der Waals surface area contributed by atoms with Crippen LogP contribution in [0.5, 0.6) is 0 Å². The zero-order chi connectivity index (χ0) is 11.4. The molecule has 0 fully saturated rings. The average Bonchev–Trinajstić information content (AvgIpc) is 2.19. The number of rotatable bonds is 4. The molecule has 1 atom stereocenters. The minimum atomic E-state index is -0.0929. The van der Waals surface area contributed by atoms with Gasteiger partial charge in [0, 0.05) is 13.3 Å². The Kier molecular flexibility index (Phi) is 3.91. The van der Waals surface area contributed by atoms with Gasteiger partial charge in [0.25, 0.3) is 0 Å². The Balaban J connectivity index is 3.05. The molecule has 1 heterocycles. The first-order chi connectivity index (χ1) is 7.10. The van der Waals surface area contributed by atoms with Crippen LogP contribution in [-0.2, 0) is 4.74 Å². The van der Waals surface area contributed by atoms with Gasteiger partial charge in [0.1, 0.15) is 6.10 Å². The number of hydrogen-bond acceptors (Lipinski definition) is 4. The number of ether oxygens (including phenoxy) is 1. The molecule has 0 amide bonds. The Bertz CT molecular complexity index is 360. The van der Waals surface area contributed by atoms with E-state index in [1.165, 1.54) is 6.92 Å². The number of carbonyl (C=O) groups excluding carboxylic acids is 1. The molecule has 0 saturated heterocycles. The molecule has 4 nitrogen and oxygen atoms in total. The zero-order valence-corrected chi connectivity index (χ0v) is 9.57. The van der Waals surface area contributed by atoms with Crippen molar-refractivity contribution in [3.05, 3.63) is 23.3 Å². The van der Waals surface area contributed by atoms with Gasteiger partial charge < -0.3 is 4.74 Å². The average molecular weight is 208 g/mol. The van der Waals surface area contributed by atoms with Crippen LogP contribution in [0.2, 0.25) is 0 Å². The third kappa shape index (κ3) is 2.59. The minimum Gasteiger partial charge on any atom is -0.373 e. The summed E-state index contributed by atoms with van der Waals surface area (Å²) < 4.78 is 5.23. The van der Waals surface area contributed by atoms with Gasteiger partial charge >= 0.3 is 0 Å². The van der Waals surface area contributed by atoms with E-state index in [1.807, 2.05) is 13.8 Å². The van der Waals surface area contributed by atoms with Crippen molar-refractivity contribution in [3.8, 4) is 0 Å². The molecule has 0 aromatic carbocycles. The Morgan fingerprint density at radius 2 is 2.27 bits per heavy atom. The molecule has 0 radical (unpaired) electrons. The van der Waals surface area contributed by atoms with E-state index in [0.29, 0.717) is 17.1 Å². The number of ketones is 1. The van der Waals surface area contributed by atoms with E-state index >= 15 is 0 Å². The number of carbonyl (C=O) groups is 1. The van der Waals surface area contributed by atoms with Crippen LogP contribution in [0.25, 0.3) is 0 Å². The van der Waals surface area contributed by atoms with E-state index in [9.17, 15) is 4.79 Å². The van der Waals surface area contributed by atoms with E-state index in [0.717, 1.165) is 6.42 Å². The summed E-state index contributed by atoms with van der Waals surface area (Å²) >= 11 is 0. The molecule has 0 bridgehead atoms. The van der Waals surface area contributed by atoms with Crippen LogP contribution in [0.3, 0.4) is 0 Å². The van der Waals surface area contributed by atoms with Gasteiger partial charge in [-0.15, -0.1) is 0 Å². The van der Waals surface area contributed by atoms with E-state index in [4.69, 9.17) is 4.74 Å². The number of methoxy groups -OCH3 is 1. The minimum absolute atomic E-state index is 0.00971. The molecule has 0 aliphatic heterocycles. The van der Waals surface area contributed by atoms with Crippen LogP contribution >= 0.6 is 0 Å². The summed E-state index contributed by atoms with van der Waals surface area (Å²) in [6.45, 7) is 5.33. The molecule has 15 heavy (non-hydrogen) atoms. The summed E-state index contributed by atoms with van der Waals surface area (Å²) in [5, 5.41) is 0. The Labute approximate surface area is 89.7 Å². The van der Waals surface area contributed by atoms with Gasteiger partial charge in [-0.05, 0) is 20.3 Å². The summed E-state index contributed by atoms with van der Waals surface area (Å²) in [6, 6.07) is 0. The molecule has 0 aliphatic carbocycles. The summed E-state index contributed by atoms with van der Waals surface area (Å²) in [4.78, 5) is 19.6. The number of nitrogens with zero attached hydrogens (tertiary/aromatic N) is 2. The lowest BCUT2D eigenvalue weighted by molar-refractivity contribution is 0.0920. The molecule has 1 aromatic heterocycles. The van der Waals surface area contributed by atoms with Gasteiger partial charge in [-0.2, -0.15) is 0 Å². The van der Waals surface area contributed by atoms with Crippen molar-refractivity contribution in [2.24, 2.45) is 0 Å². The summed E-state index contributed by atoms with van der Waals surface area (Å²) in [5.41, 5.74) is 1.28. The van der Waals surface area contributed by atoms with Crippen molar-refractivity contribution in [1.29, 1.82) is 0 Å². The Hall–Kier alpha value is -1.29. The van der Waals surface area contributed by atoms with E-state index in [1.54, 1.807) is 13.3 Å². The molecule has 1 unspecified atom stereocenters. The first-order valence-electron chi connectivity index (χ1n) is 4.97. The van der Waals surface area contributed by atoms with Crippen LogP contribution in [0.1, 0.15) is 48.2 Å². The summed E-state index contributed by atoms with van der Waals surface area (Å²) in [7, 11) is 1.63. The highest BCUT2D eigenvalue weighted by Crippen LogP contribution is 2.17. The Morgan fingerprint density at radius 3 is 2.67 bits per heavy atom. The van der Waals surface area contributed by atoms with Gasteiger partial charge in [-0.25, -0.2) is 9.97 Å². The van der Waals surface area contributed by atoms with Crippen molar-refractivity contribution in [2.75, 3.05) is 7.11 Å². The third-order valence-corrected chi connectivity index (χ3v) is 2.32. The maximum absolute atomic E-state index is 11.2. The number of hydrogen-bond donors (Lipinski definition) is 0. The van der Waals surface area contributed by atoms with Crippen LogP contribution in [0, 0.1) is 6.92 Å². The topological polar surface area (TPSA) is 52.1 Å². The lowest BCUT2D eigenvalue weighted by Crippen LogP contribution is -2.09. The Morgan fingerprint density at radius 1 is 1.60 bits per heavy atom. The molecule has 0 spiro atoms. The lowest BCUT2D eigenvalue weighted by Gasteiger charge is -2.12. The van der Waals surface area contributed by atoms with Crippen LogP contribution in [0.4, 0.5) is 0 Å². The SMILES string of the molecule is CCC(OC)c1ncc(C(C)=O)c(C)n1. The standard InChI is InChI=1S/C11H16N2O2/c1-5-10(15-4)11-12-6-9(8(3)14)7(2)13-11/h6,10H,5H2,1-4H3. The van der Waals surface area contributed by atoms with Crippen molar-refractivity contribution >= 4 is 5.78 Å². The van der Waals surface area contributed by atoms with Gasteiger partial charge in [-0.1, -0.05) is 6.92 Å². The molecule has 1 aromatic rings. The van der Waals surface area contributed by atoms with E-state index in [-0.39, 0.29) is 11.9 Å². The second kappa shape index (κ2) is 4.98. The molecule has 82 valence electrons. The zero-order valence-electron chi connectivity index (χ0n) is 9.57. The van der Waals surface area contributed by atoms with E-state index in [2.05, 4.69) is 9.97 Å².